The van der Waals surface area contributed by atoms with Crippen molar-refractivity contribution in [1.82, 2.24) is 0 Å². The molecule has 1 saturated carbocycles. The molecule has 3 atom stereocenters. The predicted molar refractivity (Wildman–Crippen MR) is 101 cm³/mol. The molecule has 2 rings (SSSR count). The Morgan fingerprint density at radius 1 is 1.12 bits per heavy atom. The molecule has 3 unspecified atom stereocenters. The number of carboxylic acid groups (broad SMARTS) is 1. The lowest BCUT2D eigenvalue weighted by Gasteiger charge is -2.08. The van der Waals surface area contributed by atoms with E-state index in [4.69, 9.17) is 10.8 Å². The number of hydrogen-bond acceptors (Lipinski definition) is 2. The fourth-order valence-electron chi connectivity index (χ4n) is 3.00. The molecular weight excluding hydrogens is 298 g/mol. The Balaban J connectivity index is 0.000000240. The normalized spacial score (nSPS) is 22.2. The molecule has 3 N–H and O–H groups in total. The van der Waals surface area contributed by atoms with E-state index in [1.54, 1.807) is 0 Å². The quantitative estimate of drug-likeness (QED) is 0.751. The largest absolute Gasteiger partial charge is 0.481 e. The van der Waals surface area contributed by atoms with Crippen molar-refractivity contribution >= 4 is 5.97 Å². The molecule has 24 heavy (non-hydrogen) atoms. The Labute approximate surface area is 147 Å². The summed E-state index contributed by atoms with van der Waals surface area (Å²) < 4.78 is 0. The summed E-state index contributed by atoms with van der Waals surface area (Å²) in [5.41, 5.74) is 9.49. The zero-order valence-corrected chi connectivity index (χ0v) is 16.1. The Morgan fingerprint density at radius 3 is 1.88 bits per heavy atom. The van der Waals surface area contributed by atoms with E-state index >= 15 is 0 Å². The van der Waals surface area contributed by atoms with Gasteiger partial charge in [-0.2, -0.15) is 0 Å². The first kappa shape index (κ1) is 20.4. The second-order valence-corrected chi connectivity index (χ2v) is 8.02. The molecule has 0 bridgehead atoms. The highest BCUT2D eigenvalue weighted by Crippen LogP contribution is 2.59. The second kappa shape index (κ2) is 7.98. The van der Waals surface area contributed by atoms with Crippen molar-refractivity contribution in [3.63, 3.8) is 0 Å². The van der Waals surface area contributed by atoms with Crippen molar-refractivity contribution in [2.45, 2.75) is 60.4 Å². The minimum Gasteiger partial charge on any atom is -0.481 e. The van der Waals surface area contributed by atoms with Gasteiger partial charge in [0.15, 0.2) is 0 Å². The predicted octanol–water partition coefficient (Wildman–Crippen LogP) is 5.14. The number of hydrogen-bond donors (Lipinski definition) is 2. The Bertz CT molecular complexity index is 551. The minimum atomic E-state index is -0.664. The molecule has 0 amide bonds. The molecule has 0 saturated heterocycles. The van der Waals surface area contributed by atoms with Gasteiger partial charge in [-0.1, -0.05) is 63.6 Å². The smallest absolute Gasteiger partial charge is 0.307 e. The average Bonchev–Trinajstić information content (AvgIpc) is 2.99. The van der Waals surface area contributed by atoms with Crippen molar-refractivity contribution in [2.75, 3.05) is 0 Å². The lowest BCUT2D eigenvalue weighted by atomic mass is 10.00. The standard InChI is InChI=1S/C11H17N.C10H16O2/c1-8(2)10-4-6-11(7-5-10)9(3)12;1-6(2)5-7-8(9(11)12)10(7,3)4/h4-9H,12H2,1-3H3;5,7-8H,1-4H3,(H,11,12). The van der Waals surface area contributed by atoms with Crippen molar-refractivity contribution in [1.29, 1.82) is 0 Å². The average molecular weight is 332 g/mol. The number of carboxylic acids is 1. The van der Waals surface area contributed by atoms with Crippen LogP contribution in [0.3, 0.4) is 0 Å². The Kier molecular flexibility index (Phi) is 6.79. The van der Waals surface area contributed by atoms with E-state index in [9.17, 15) is 4.79 Å². The molecule has 1 aliphatic rings. The number of benzene rings is 1. The maximum Gasteiger partial charge on any atom is 0.307 e. The third-order valence-electron chi connectivity index (χ3n) is 4.82. The third-order valence-corrected chi connectivity index (χ3v) is 4.82. The first-order chi connectivity index (χ1) is 11.0. The van der Waals surface area contributed by atoms with Gasteiger partial charge in [-0.05, 0) is 49.1 Å². The van der Waals surface area contributed by atoms with Crippen LogP contribution in [0.5, 0.6) is 0 Å². The van der Waals surface area contributed by atoms with E-state index in [2.05, 4.69) is 44.2 Å². The van der Waals surface area contributed by atoms with E-state index < -0.39 is 5.97 Å². The zero-order chi connectivity index (χ0) is 18.7. The van der Waals surface area contributed by atoms with Crippen LogP contribution in [0.2, 0.25) is 0 Å². The van der Waals surface area contributed by atoms with Gasteiger partial charge in [0.2, 0.25) is 0 Å². The summed E-state index contributed by atoms with van der Waals surface area (Å²) in [6.07, 6.45) is 2.07. The van der Waals surface area contributed by atoms with Crippen LogP contribution in [0, 0.1) is 17.3 Å². The van der Waals surface area contributed by atoms with E-state index in [-0.39, 0.29) is 23.3 Å². The van der Waals surface area contributed by atoms with E-state index in [0.717, 1.165) is 0 Å². The summed E-state index contributed by atoms with van der Waals surface area (Å²) in [6.45, 7) is 14.4. The summed E-state index contributed by atoms with van der Waals surface area (Å²) >= 11 is 0. The second-order valence-electron chi connectivity index (χ2n) is 8.02. The van der Waals surface area contributed by atoms with Crippen LogP contribution in [0.1, 0.15) is 71.6 Å². The van der Waals surface area contributed by atoms with Crippen molar-refractivity contribution in [3.05, 3.63) is 47.0 Å². The fraction of sp³-hybridized carbons (Fsp3) is 0.571. The maximum absolute atomic E-state index is 10.7. The van der Waals surface area contributed by atoms with Gasteiger partial charge in [0.25, 0.3) is 0 Å². The SMILES string of the molecule is CC(C)=CC1C(C(=O)O)C1(C)C.CC(C)c1ccc(C(C)N)cc1. The molecule has 0 heterocycles. The monoisotopic (exact) mass is 331 g/mol. The van der Waals surface area contributed by atoms with Gasteiger partial charge in [0, 0.05) is 6.04 Å². The van der Waals surface area contributed by atoms with Gasteiger partial charge in [-0.15, -0.1) is 0 Å². The molecule has 0 radical (unpaired) electrons. The minimum absolute atomic E-state index is 0.0386. The number of nitrogens with two attached hydrogens (primary N) is 1. The van der Waals surface area contributed by atoms with Gasteiger partial charge in [-0.25, -0.2) is 0 Å². The van der Waals surface area contributed by atoms with Crippen LogP contribution in [0.15, 0.2) is 35.9 Å². The summed E-state index contributed by atoms with van der Waals surface area (Å²) in [5.74, 6) is 0.00188. The summed E-state index contributed by atoms with van der Waals surface area (Å²) in [6, 6.07) is 8.68. The highest BCUT2D eigenvalue weighted by atomic mass is 16.4. The summed E-state index contributed by atoms with van der Waals surface area (Å²) in [4.78, 5) is 10.7. The Morgan fingerprint density at radius 2 is 1.58 bits per heavy atom. The molecule has 3 heteroatoms. The van der Waals surface area contributed by atoms with E-state index in [1.807, 2.05) is 34.6 Å². The third kappa shape index (κ3) is 5.20. The van der Waals surface area contributed by atoms with Gasteiger partial charge in [0.1, 0.15) is 0 Å². The van der Waals surface area contributed by atoms with Crippen molar-refractivity contribution in [2.24, 2.45) is 23.0 Å². The van der Waals surface area contributed by atoms with Crippen molar-refractivity contribution in [3.8, 4) is 0 Å². The molecule has 134 valence electrons. The van der Waals surface area contributed by atoms with Crippen LogP contribution in [0.25, 0.3) is 0 Å². The number of allylic oxidation sites excluding steroid dienone is 2. The first-order valence-electron chi connectivity index (χ1n) is 8.71. The van der Waals surface area contributed by atoms with E-state index in [0.29, 0.717) is 5.92 Å². The number of rotatable bonds is 4. The van der Waals surface area contributed by atoms with Crippen LogP contribution in [-0.4, -0.2) is 11.1 Å². The van der Waals surface area contributed by atoms with Gasteiger partial charge >= 0.3 is 5.97 Å². The molecule has 1 fully saturated rings. The molecule has 0 spiro atoms. The van der Waals surface area contributed by atoms with Crippen LogP contribution >= 0.6 is 0 Å². The number of carbonyl (C=O) groups is 1. The molecule has 0 aromatic heterocycles. The van der Waals surface area contributed by atoms with Gasteiger partial charge in [-0.3, -0.25) is 4.79 Å². The highest BCUT2D eigenvalue weighted by molar-refractivity contribution is 5.76. The molecule has 1 aromatic carbocycles. The molecular formula is C21H33NO2. The highest BCUT2D eigenvalue weighted by Gasteiger charge is 2.60. The molecule has 1 aliphatic carbocycles. The summed E-state index contributed by atoms with van der Waals surface area (Å²) in [7, 11) is 0. The Hall–Kier alpha value is -1.61. The van der Waals surface area contributed by atoms with Gasteiger partial charge < -0.3 is 10.8 Å². The van der Waals surface area contributed by atoms with E-state index in [1.165, 1.54) is 16.7 Å². The topological polar surface area (TPSA) is 63.3 Å². The maximum atomic E-state index is 10.7. The van der Waals surface area contributed by atoms with Crippen molar-refractivity contribution < 1.29 is 9.90 Å². The summed E-state index contributed by atoms with van der Waals surface area (Å²) in [5, 5.41) is 8.84. The fourth-order valence-corrected chi connectivity index (χ4v) is 3.00. The molecule has 3 nitrogen and oxygen atoms in total. The lowest BCUT2D eigenvalue weighted by Crippen LogP contribution is -2.04. The zero-order valence-electron chi connectivity index (χ0n) is 16.1. The van der Waals surface area contributed by atoms with Crippen LogP contribution in [-0.2, 0) is 4.79 Å². The molecule has 1 aromatic rings. The first-order valence-corrected chi connectivity index (χ1v) is 8.71. The lowest BCUT2D eigenvalue weighted by molar-refractivity contribution is -0.139. The van der Waals surface area contributed by atoms with Gasteiger partial charge in [0.05, 0.1) is 5.92 Å². The number of aliphatic carboxylic acids is 1. The van der Waals surface area contributed by atoms with Crippen LogP contribution in [0.4, 0.5) is 0 Å². The molecule has 0 aliphatic heterocycles. The van der Waals surface area contributed by atoms with Crippen LogP contribution < -0.4 is 5.73 Å².